The highest BCUT2D eigenvalue weighted by atomic mass is 32.1. The van der Waals surface area contributed by atoms with E-state index in [0.29, 0.717) is 24.2 Å². The Bertz CT molecular complexity index is 364. The van der Waals surface area contributed by atoms with E-state index in [2.05, 4.69) is 0 Å². The van der Waals surface area contributed by atoms with E-state index in [-0.39, 0.29) is 0 Å². The first kappa shape index (κ1) is 11.8. The third kappa shape index (κ3) is 2.53. The molecule has 1 fully saturated rings. The average molecular weight is 238 g/mol. The predicted octanol–water partition coefficient (Wildman–Crippen LogP) is 3.44. The summed E-state index contributed by atoms with van der Waals surface area (Å²) in [7, 11) is 0. The van der Waals surface area contributed by atoms with Crippen molar-refractivity contribution in [2.75, 3.05) is 6.61 Å². The molecule has 0 N–H and O–H groups in total. The van der Waals surface area contributed by atoms with Gasteiger partial charge in [-0.1, -0.05) is 0 Å². The van der Waals surface area contributed by atoms with Crippen LogP contribution in [0.25, 0.3) is 0 Å². The van der Waals surface area contributed by atoms with Gasteiger partial charge in [0.15, 0.2) is 5.78 Å². The molecule has 1 heterocycles. The molecule has 0 bridgehead atoms. The summed E-state index contributed by atoms with van der Waals surface area (Å²) in [6.45, 7) is 4.82. The monoisotopic (exact) mass is 238 g/mol. The average Bonchev–Trinajstić information content (AvgIpc) is 2.61. The minimum Gasteiger partial charge on any atom is -0.378 e. The van der Waals surface area contributed by atoms with E-state index in [1.807, 2.05) is 25.3 Å². The molecule has 0 spiro atoms. The van der Waals surface area contributed by atoms with Gasteiger partial charge in [0, 0.05) is 13.0 Å². The fourth-order valence-corrected chi connectivity index (χ4v) is 3.10. The quantitative estimate of drug-likeness (QED) is 0.734. The van der Waals surface area contributed by atoms with E-state index in [1.165, 1.54) is 0 Å². The lowest BCUT2D eigenvalue weighted by Crippen LogP contribution is -2.32. The number of Topliss-reactive ketones (excluding diaryl/α,β-unsaturated/α-hetero) is 1. The van der Waals surface area contributed by atoms with Gasteiger partial charge in [0.1, 0.15) is 0 Å². The van der Waals surface area contributed by atoms with Crippen LogP contribution in [0, 0.1) is 12.8 Å². The van der Waals surface area contributed by atoms with E-state index in [1.54, 1.807) is 11.3 Å². The molecular weight excluding hydrogens is 220 g/mol. The molecule has 0 aromatic carbocycles. The molecule has 3 heteroatoms. The largest absolute Gasteiger partial charge is 0.378 e. The summed E-state index contributed by atoms with van der Waals surface area (Å²) in [6.07, 6.45) is 3.23. The molecule has 2 rings (SSSR count). The first-order chi connectivity index (χ1) is 7.70. The van der Waals surface area contributed by atoms with Crippen molar-refractivity contribution in [2.45, 2.75) is 39.2 Å². The second-order valence-electron chi connectivity index (χ2n) is 4.47. The smallest absolute Gasteiger partial charge is 0.173 e. The Balaban J connectivity index is 1.80. The molecule has 88 valence electrons. The van der Waals surface area contributed by atoms with Crippen molar-refractivity contribution >= 4 is 17.1 Å². The van der Waals surface area contributed by atoms with Crippen molar-refractivity contribution in [1.82, 2.24) is 0 Å². The third-order valence-corrected chi connectivity index (χ3v) is 4.24. The summed E-state index contributed by atoms with van der Waals surface area (Å²) >= 11 is 1.56. The van der Waals surface area contributed by atoms with Crippen LogP contribution in [0.4, 0.5) is 0 Å². The number of aryl methyl sites for hydroxylation is 1. The van der Waals surface area contributed by atoms with Crippen molar-refractivity contribution in [2.24, 2.45) is 5.92 Å². The van der Waals surface area contributed by atoms with Crippen LogP contribution in [0.2, 0.25) is 0 Å². The van der Waals surface area contributed by atoms with Gasteiger partial charge in [-0.25, -0.2) is 0 Å². The summed E-state index contributed by atoms with van der Waals surface area (Å²) in [5.41, 5.74) is 1.12. The zero-order chi connectivity index (χ0) is 11.5. The molecule has 1 aliphatic carbocycles. The number of ether oxygens (including phenoxy) is 1. The van der Waals surface area contributed by atoms with Gasteiger partial charge in [-0.3, -0.25) is 4.79 Å². The van der Waals surface area contributed by atoms with E-state index >= 15 is 0 Å². The maximum absolute atomic E-state index is 12.0. The molecule has 1 aromatic rings. The fourth-order valence-electron chi connectivity index (χ4n) is 2.23. The molecule has 1 aliphatic rings. The van der Waals surface area contributed by atoms with Crippen LogP contribution in [-0.2, 0) is 4.74 Å². The summed E-state index contributed by atoms with van der Waals surface area (Å²) in [4.78, 5) is 12.9. The summed E-state index contributed by atoms with van der Waals surface area (Å²) < 4.78 is 5.50. The topological polar surface area (TPSA) is 26.3 Å². The molecule has 0 amide bonds. The van der Waals surface area contributed by atoms with E-state index < -0.39 is 0 Å². The van der Waals surface area contributed by atoms with Gasteiger partial charge in [0.05, 0.1) is 11.0 Å². The normalized spacial score (nSPS) is 24.1. The Morgan fingerprint density at radius 3 is 2.88 bits per heavy atom. The van der Waals surface area contributed by atoms with Gasteiger partial charge in [0.25, 0.3) is 0 Å². The van der Waals surface area contributed by atoms with Crippen LogP contribution in [0.15, 0.2) is 11.4 Å². The lowest BCUT2D eigenvalue weighted by atomic mass is 9.79. The van der Waals surface area contributed by atoms with Crippen molar-refractivity contribution in [3.8, 4) is 0 Å². The fraction of sp³-hybridized carbons (Fsp3) is 0.615. The molecule has 1 aromatic heterocycles. The van der Waals surface area contributed by atoms with Gasteiger partial charge in [-0.15, -0.1) is 11.3 Å². The molecule has 1 saturated carbocycles. The van der Waals surface area contributed by atoms with Crippen LogP contribution < -0.4 is 0 Å². The zero-order valence-corrected chi connectivity index (χ0v) is 10.7. The maximum atomic E-state index is 12.0. The highest BCUT2D eigenvalue weighted by molar-refractivity contribution is 7.12. The number of rotatable bonds is 5. The van der Waals surface area contributed by atoms with Gasteiger partial charge < -0.3 is 4.74 Å². The summed E-state index contributed by atoms with van der Waals surface area (Å²) in [6, 6.07) is 2.02. The third-order valence-electron chi connectivity index (χ3n) is 3.18. The van der Waals surface area contributed by atoms with Crippen molar-refractivity contribution in [3.05, 3.63) is 21.9 Å². The highest BCUT2D eigenvalue weighted by Crippen LogP contribution is 2.34. The Labute approximate surface area is 101 Å². The van der Waals surface area contributed by atoms with Crippen LogP contribution in [0.3, 0.4) is 0 Å². The molecule has 0 atom stereocenters. The highest BCUT2D eigenvalue weighted by Gasteiger charge is 2.31. The minimum absolute atomic E-state index is 0.312. The lowest BCUT2D eigenvalue weighted by Gasteiger charge is -2.34. The maximum Gasteiger partial charge on any atom is 0.173 e. The number of carbonyl (C=O) groups is 1. The van der Waals surface area contributed by atoms with Crippen LogP contribution >= 0.6 is 11.3 Å². The second kappa shape index (κ2) is 5.11. The van der Waals surface area contributed by atoms with E-state index in [9.17, 15) is 4.79 Å². The van der Waals surface area contributed by atoms with E-state index in [0.717, 1.165) is 29.9 Å². The Morgan fingerprint density at radius 1 is 1.56 bits per heavy atom. The molecule has 0 unspecified atom stereocenters. The minimum atomic E-state index is 0.312. The Morgan fingerprint density at radius 2 is 2.31 bits per heavy atom. The number of hydrogen-bond acceptors (Lipinski definition) is 3. The van der Waals surface area contributed by atoms with Crippen LogP contribution in [0.1, 0.15) is 41.4 Å². The van der Waals surface area contributed by atoms with Gasteiger partial charge in [-0.05, 0) is 49.6 Å². The summed E-state index contributed by atoms with van der Waals surface area (Å²) in [5.74, 6) is 0.859. The number of ketones is 1. The van der Waals surface area contributed by atoms with Gasteiger partial charge >= 0.3 is 0 Å². The van der Waals surface area contributed by atoms with Crippen LogP contribution in [0.5, 0.6) is 0 Å². The number of hydrogen-bond donors (Lipinski definition) is 0. The first-order valence-corrected chi connectivity index (χ1v) is 6.77. The SMILES string of the molecule is CCOC1CC(CC(=O)c2sccc2C)C1. The molecule has 0 aliphatic heterocycles. The van der Waals surface area contributed by atoms with Crippen LogP contribution in [-0.4, -0.2) is 18.5 Å². The van der Waals surface area contributed by atoms with Crippen molar-refractivity contribution in [1.29, 1.82) is 0 Å². The summed E-state index contributed by atoms with van der Waals surface area (Å²) in [5, 5.41) is 1.99. The number of carbonyl (C=O) groups excluding carboxylic acids is 1. The molecular formula is C13H18O2S. The number of thiophene rings is 1. The Kier molecular flexibility index (Phi) is 3.77. The van der Waals surface area contributed by atoms with E-state index in [4.69, 9.17) is 4.74 Å². The van der Waals surface area contributed by atoms with Gasteiger partial charge in [0.2, 0.25) is 0 Å². The predicted molar refractivity (Wildman–Crippen MR) is 66.1 cm³/mol. The lowest BCUT2D eigenvalue weighted by molar-refractivity contribution is -0.0245. The molecule has 16 heavy (non-hydrogen) atoms. The first-order valence-electron chi connectivity index (χ1n) is 5.89. The zero-order valence-electron chi connectivity index (χ0n) is 9.86. The van der Waals surface area contributed by atoms with Crippen molar-refractivity contribution in [3.63, 3.8) is 0 Å². The standard InChI is InChI=1S/C13H18O2S/c1-3-15-11-6-10(7-11)8-12(14)13-9(2)4-5-16-13/h4-5,10-11H,3,6-8H2,1-2H3. The Hall–Kier alpha value is -0.670. The molecule has 0 saturated heterocycles. The molecule has 0 radical (unpaired) electrons. The van der Waals surface area contributed by atoms with Gasteiger partial charge in [-0.2, -0.15) is 0 Å². The second-order valence-corrected chi connectivity index (χ2v) is 5.39. The van der Waals surface area contributed by atoms with Crippen molar-refractivity contribution < 1.29 is 9.53 Å². The molecule has 2 nitrogen and oxygen atoms in total.